The van der Waals surface area contributed by atoms with Gasteiger partial charge in [0.05, 0.1) is 24.2 Å². The van der Waals surface area contributed by atoms with Crippen molar-refractivity contribution in [1.82, 2.24) is 4.31 Å². The zero-order valence-electron chi connectivity index (χ0n) is 15.9. The van der Waals surface area contributed by atoms with Gasteiger partial charge in [0.2, 0.25) is 10.0 Å². The van der Waals surface area contributed by atoms with E-state index in [0.717, 1.165) is 5.56 Å². The van der Waals surface area contributed by atoms with Crippen LogP contribution in [0.1, 0.15) is 31.0 Å². The predicted octanol–water partition coefficient (Wildman–Crippen LogP) is 4.99. The molecule has 2 aromatic carbocycles. The molecule has 1 saturated heterocycles. The number of hydrogen-bond acceptors (Lipinski definition) is 5. The molecule has 9 heteroatoms. The first-order valence-corrected chi connectivity index (χ1v) is 12.4. The Morgan fingerprint density at radius 3 is 2.04 bits per heavy atom. The fourth-order valence-corrected chi connectivity index (χ4v) is 7.81. The average Bonchev–Trinajstić information content (AvgIpc) is 3.41. The molecule has 3 unspecified atom stereocenters. The molecule has 1 fully saturated rings. The van der Waals surface area contributed by atoms with Gasteiger partial charge in [0.15, 0.2) is 0 Å². The maximum Gasteiger partial charge on any atom is 0.350 e. The van der Waals surface area contributed by atoms with E-state index in [-0.39, 0.29) is 18.1 Å². The SMILES string of the molecule is CCOP(=O)(OCC)C1C(c2ccc(Cl)cc2)N1S(=O)(=O)c1ccc(C)cc1. The zero-order valence-corrected chi connectivity index (χ0v) is 18.4. The van der Waals surface area contributed by atoms with Gasteiger partial charge in [-0.25, -0.2) is 8.42 Å². The van der Waals surface area contributed by atoms with Crippen LogP contribution in [0.4, 0.5) is 0 Å². The smallest absolute Gasteiger partial charge is 0.308 e. The van der Waals surface area contributed by atoms with Crippen molar-refractivity contribution < 1.29 is 22.0 Å². The minimum absolute atomic E-state index is 0.138. The fraction of sp³-hybridized carbons (Fsp3) is 0.368. The van der Waals surface area contributed by atoms with E-state index in [4.69, 9.17) is 20.6 Å². The first-order chi connectivity index (χ1) is 13.2. The van der Waals surface area contributed by atoms with Crippen molar-refractivity contribution in [2.24, 2.45) is 0 Å². The van der Waals surface area contributed by atoms with E-state index in [9.17, 15) is 13.0 Å². The van der Waals surface area contributed by atoms with Gasteiger partial charge < -0.3 is 9.05 Å². The molecule has 0 aliphatic carbocycles. The highest BCUT2D eigenvalue weighted by Crippen LogP contribution is 2.69. The summed E-state index contributed by atoms with van der Waals surface area (Å²) in [6, 6.07) is 12.7. The second-order valence-corrected chi connectivity index (χ2v) is 10.8. The summed E-state index contributed by atoms with van der Waals surface area (Å²) in [6.07, 6.45) is 0. The van der Waals surface area contributed by atoms with Crippen LogP contribution in [0.15, 0.2) is 53.4 Å². The molecule has 0 bridgehead atoms. The van der Waals surface area contributed by atoms with Gasteiger partial charge in [0.1, 0.15) is 5.78 Å². The molecule has 0 N–H and O–H groups in total. The standard InChI is InChI=1S/C19H23ClNO5PS/c1-4-25-27(22,26-5-2)19-18(15-8-10-16(20)11-9-15)21(19)28(23,24)17-12-6-14(3)7-13-17/h6-13,18-19H,4-5H2,1-3H3. The Morgan fingerprint density at radius 1 is 1.00 bits per heavy atom. The highest BCUT2D eigenvalue weighted by molar-refractivity contribution is 7.89. The number of aryl methyl sites for hydroxylation is 1. The number of benzene rings is 2. The summed E-state index contributed by atoms with van der Waals surface area (Å²) in [4.78, 5) is 0.138. The molecule has 0 radical (unpaired) electrons. The van der Waals surface area contributed by atoms with Crippen molar-refractivity contribution in [3.63, 3.8) is 0 Å². The van der Waals surface area contributed by atoms with Crippen LogP contribution in [-0.4, -0.2) is 31.7 Å². The predicted molar refractivity (Wildman–Crippen MR) is 109 cm³/mol. The summed E-state index contributed by atoms with van der Waals surface area (Å²) < 4.78 is 52.1. The molecular weight excluding hydrogens is 421 g/mol. The van der Waals surface area contributed by atoms with Crippen LogP contribution in [0.25, 0.3) is 0 Å². The van der Waals surface area contributed by atoms with Crippen LogP contribution in [0.5, 0.6) is 0 Å². The van der Waals surface area contributed by atoms with Crippen LogP contribution >= 0.6 is 19.2 Å². The normalized spacial score (nSPS) is 22.2. The lowest BCUT2D eigenvalue weighted by atomic mass is 10.2. The van der Waals surface area contributed by atoms with E-state index >= 15 is 0 Å². The highest BCUT2D eigenvalue weighted by Gasteiger charge is 2.66. The molecule has 28 heavy (non-hydrogen) atoms. The summed E-state index contributed by atoms with van der Waals surface area (Å²) in [7, 11) is -7.57. The Hall–Kier alpha value is -1.21. The van der Waals surface area contributed by atoms with E-state index in [1.165, 1.54) is 4.31 Å². The van der Waals surface area contributed by atoms with E-state index in [1.54, 1.807) is 62.4 Å². The third-order valence-corrected chi connectivity index (χ3v) is 9.18. The number of halogens is 1. The third kappa shape index (κ3) is 4.06. The monoisotopic (exact) mass is 443 g/mol. The lowest BCUT2D eigenvalue weighted by Gasteiger charge is -2.17. The third-order valence-electron chi connectivity index (χ3n) is 4.48. The Kier molecular flexibility index (Phi) is 6.35. The summed E-state index contributed by atoms with van der Waals surface area (Å²) in [5.41, 5.74) is 1.63. The van der Waals surface area contributed by atoms with Crippen molar-refractivity contribution in [2.75, 3.05) is 13.2 Å². The van der Waals surface area contributed by atoms with Crippen LogP contribution in [-0.2, 0) is 23.6 Å². The quantitative estimate of drug-likeness (QED) is 0.424. The molecule has 3 atom stereocenters. The topological polar surface area (TPSA) is 72.7 Å². The largest absolute Gasteiger partial charge is 0.350 e. The molecule has 3 rings (SSSR count). The van der Waals surface area contributed by atoms with Crippen molar-refractivity contribution in [1.29, 1.82) is 0 Å². The maximum absolute atomic E-state index is 13.4. The van der Waals surface area contributed by atoms with Gasteiger partial charge in [-0.15, -0.1) is 0 Å². The van der Waals surface area contributed by atoms with Crippen molar-refractivity contribution in [2.45, 2.75) is 37.5 Å². The molecular formula is C19H23ClNO5PS. The molecule has 1 heterocycles. The first kappa shape index (κ1) is 21.5. The van der Waals surface area contributed by atoms with Crippen LogP contribution in [0, 0.1) is 6.92 Å². The number of nitrogens with zero attached hydrogens (tertiary/aromatic N) is 1. The van der Waals surface area contributed by atoms with E-state index in [1.807, 2.05) is 6.92 Å². The van der Waals surface area contributed by atoms with Crippen molar-refractivity contribution in [3.05, 3.63) is 64.7 Å². The lowest BCUT2D eigenvalue weighted by molar-refractivity contribution is 0.216. The summed E-state index contributed by atoms with van der Waals surface area (Å²) in [6.45, 7) is 5.58. The Balaban J connectivity index is 2.06. The Bertz CT molecular complexity index is 968. The van der Waals surface area contributed by atoms with Gasteiger partial charge in [0, 0.05) is 5.02 Å². The summed E-state index contributed by atoms with van der Waals surface area (Å²) in [5.74, 6) is -0.917. The van der Waals surface area contributed by atoms with Crippen LogP contribution < -0.4 is 0 Å². The zero-order chi connectivity index (χ0) is 20.5. The maximum atomic E-state index is 13.4. The molecule has 2 aromatic rings. The van der Waals surface area contributed by atoms with E-state index in [2.05, 4.69) is 0 Å². The Labute approximate surface area is 171 Å². The molecule has 0 saturated carbocycles. The van der Waals surface area contributed by atoms with Crippen LogP contribution in [0.3, 0.4) is 0 Å². The first-order valence-electron chi connectivity index (χ1n) is 8.99. The molecule has 0 aromatic heterocycles. The average molecular weight is 444 g/mol. The number of hydrogen-bond donors (Lipinski definition) is 0. The van der Waals surface area contributed by atoms with Crippen molar-refractivity contribution in [3.8, 4) is 0 Å². The number of rotatable bonds is 8. The van der Waals surface area contributed by atoms with Crippen molar-refractivity contribution >= 4 is 29.2 Å². The minimum atomic E-state index is -3.89. The molecule has 0 spiro atoms. The second-order valence-electron chi connectivity index (χ2n) is 6.43. The molecule has 152 valence electrons. The molecule has 6 nitrogen and oxygen atoms in total. The molecule has 1 aliphatic heterocycles. The second kappa shape index (κ2) is 8.27. The van der Waals surface area contributed by atoms with Gasteiger partial charge in [0.25, 0.3) is 0 Å². The van der Waals surface area contributed by atoms with Gasteiger partial charge in [-0.05, 0) is 50.6 Å². The van der Waals surface area contributed by atoms with Gasteiger partial charge >= 0.3 is 7.60 Å². The van der Waals surface area contributed by atoms with Gasteiger partial charge in [-0.1, -0.05) is 41.4 Å². The highest BCUT2D eigenvalue weighted by atomic mass is 35.5. The number of sulfonamides is 1. The summed E-state index contributed by atoms with van der Waals surface area (Å²) >= 11 is 5.96. The summed E-state index contributed by atoms with van der Waals surface area (Å²) in [5, 5.41) is 0.534. The van der Waals surface area contributed by atoms with E-state index < -0.39 is 29.4 Å². The van der Waals surface area contributed by atoms with Crippen LogP contribution in [0.2, 0.25) is 5.02 Å². The molecule has 0 amide bonds. The Morgan fingerprint density at radius 2 is 1.54 bits per heavy atom. The van der Waals surface area contributed by atoms with E-state index in [0.29, 0.717) is 10.6 Å². The van der Waals surface area contributed by atoms with Gasteiger partial charge in [-0.2, -0.15) is 4.31 Å². The minimum Gasteiger partial charge on any atom is -0.308 e. The van der Waals surface area contributed by atoms with Gasteiger partial charge in [-0.3, -0.25) is 4.57 Å². The fourth-order valence-electron chi connectivity index (χ4n) is 3.16. The molecule has 1 aliphatic rings. The lowest BCUT2D eigenvalue weighted by Crippen LogP contribution is -2.16.